The Hall–Kier alpha value is -1.88. The minimum atomic E-state index is -0.161. The summed E-state index contributed by atoms with van der Waals surface area (Å²) >= 11 is 0. The van der Waals surface area contributed by atoms with Crippen molar-refractivity contribution in [3.8, 4) is 0 Å². The second kappa shape index (κ2) is 7.34. The average Bonchev–Trinajstić information content (AvgIpc) is 2.95. The number of likely N-dealkylation sites (N-methyl/N-ethyl adjacent to an activating group) is 1. The van der Waals surface area contributed by atoms with E-state index >= 15 is 0 Å². The number of carbonyl (C=O) groups is 2. The zero-order valence-electron chi connectivity index (χ0n) is 14.7. The summed E-state index contributed by atoms with van der Waals surface area (Å²) in [5.74, 6) is -0.0253. The van der Waals surface area contributed by atoms with Gasteiger partial charge in [-0.3, -0.25) is 9.59 Å². The molecule has 1 aliphatic heterocycles. The van der Waals surface area contributed by atoms with Crippen LogP contribution in [0.15, 0.2) is 18.2 Å². The molecule has 0 bridgehead atoms. The zero-order chi connectivity index (χ0) is 17.1. The van der Waals surface area contributed by atoms with E-state index in [0.29, 0.717) is 26.1 Å². The molecule has 0 spiro atoms. The minimum Gasteiger partial charge on any atom is -0.359 e. The molecule has 130 valence electrons. The molecule has 0 aromatic heterocycles. The second-order valence-electron chi connectivity index (χ2n) is 7.05. The van der Waals surface area contributed by atoms with E-state index in [1.165, 1.54) is 17.5 Å². The summed E-state index contributed by atoms with van der Waals surface area (Å²) in [6.45, 7) is 2.70. The Morgan fingerprint density at radius 1 is 1.17 bits per heavy atom. The van der Waals surface area contributed by atoms with Crippen LogP contribution in [0.2, 0.25) is 0 Å². The molecule has 1 saturated heterocycles. The Morgan fingerprint density at radius 2 is 1.96 bits per heavy atom. The summed E-state index contributed by atoms with van der Waals surface area (Å²) in [7, 11) is 3.66. The highest BCUT2D eigenvalue weighted by atomic mass is 16.2. The molecule has 24 heavy (non-hydrogen) atoms. The third-order valence-corrected chi connectivity index (χ3v) is 5.21. The lowest BCUT2D eigenvalue weighted by molar-refractivity contribution is -0.132. The van der Waals surface area contributed by atoms with Crippen LogP contribution in [0.25, 0.3) is 0 Å². The normalized spacial score (nSPS) is 21.2. The Labute approximate surface area is 144 Å². The first-order valence-corrected chi connectivity index (χ1v) is 8.85. The van der Waals surface area contributed by atoms with E-state index in [1.54, 1.807) is 7.05 Å². The molecule has 5 heteroatoms. The van der Waals surface area contributed by atoms with Crippen molar-refractivity contribution in [2.75, 3.05) is 40.3 Å². The van der Waals surface area contributed by atoms with Gasteiger partial charge < -0.3 is 15.1 Å². The first-order valence-electron chi connectivity index (χ1n) is 8.85. The Balaban J connectivity index is 1.68. The van der Waals surface area contributed by atoms with E-state index in [0.717, 1.165) is 24.9 Å². The van der Waals surface area contributed by atoms with Gasteiger partial charge in [-0.2, -0.15) is 0 Å². The summed E-state index contributed by atoms with van der Waals surface area (Å²) in [6, 6.07) is 6.46. The highest BCUT2D eigenvalue weighted by Crippen LogP contribution is 2.23. The van der Waals surface area contributed by atoms with Gasteiger partial charge in [-0.25, -0.2) is 0 Å². The lowest BCUT2D eigenvalue weighted by atomic mass is 10.0. The standard InChI is InChI=1S/C19H27N3O2/c1-20-19(24)17-12-21(2)8-9-22(13-17)18(23)11-14-6-7-15-4-3-5-16(15)10-14/h6-7,10,17H,3-5,8-9,11-13H2,1-2H3,(H,20,24)/t17-/m0/s1. The highest BCUT2D eigenvalue weighted by molar-refractivity contribution is 5.82. The molecular weight excluding hydrogens is 302 g/mol. The number of amides is 2. The van der Waals surface area contributed by atoms with Crippen molar-refractivity contribution >= 4 is 11.8 Å². The molecule has 1 aliphatic carbocycles. The number of fused-ring (bicyclic) bond motifs is 1. The summed E-state index contributed by atoms with van der Waals surface area (Å²) in [5.41, 5.74) is 3.93. The van der Waals surface area contributed by atoms with Gasteiger partial charge in [0.15, 0.2) is 0 Å². The molecule has 0 saturated carbocycles. The van der Waals surface area contributed by atoms with Crippen LogP contribution in [0.1, 0.15) is 23.1 Å². The molecule has 1 N–H and O–H groups in total. The molecule has 0 radical (unpaired) electrons. The number of rotatable bonds is 3. The van der Waals surface area contributed by atoms with Crippen LogP contribution in [0.3, 0.4) is 0 Å². The van der Waals surface area contributed by atoms with Crippen LogP contribution >= 0.6 is 0 Å². The molecule has 2 aliphatic rings. The van der Waals surface area contributed by atoms with Crippen LogP contribution in [0, 0.1) is 5.92 Å². The van der Waals surface area contributed by atoms with Crippen LogP contribution in [0.4, 0.5) is 0 Å². The first kappa shape index (κ1) is 17.0. The summed E-state index contributed by atoms with van der Waals surface area (Å²) in [5, 5.41) is 2.72. The predicted molar refractivity (Wildman–Crippen MR) is 93.8 cm³/mol. The Morgan fingerprint density at radius 3 is 2.75 bits per heavy atom. The largest absolute Gasteiger partial charge is 0.359 e. The van der Waals surface area contributed by atoms with Crippen LogP contribution in [0.5, 0.6) is 0 Å². The van der Waals surface area contributed by atoms with Gasteiger partial charge >= 0.3 is 0 Å². The van der Waals surface area contributed by atoms with E-state index in [2.05, 4.69) is 28.4 Å². The summed E-state index contributed by atoms with van der Waals surface area (Å²) in [6.07, 6.45) is 3.94. The number of nitrogens with one attached hydrogen (secondary N) is 1. The lowest BCUT2D eigenvalue weighted by Crippen LogP contribution is -2.41. The number of benzene rings is 1. The van der Waals surface area contributed by atoms with Crippen molar-refractivity contribution < 1.29 is 9.59 Å². The molecule has 3 rings (SSSR count). The monoisotopic (exact) mass is 329 g/mol. The zero-order valence-corrected chi connectivity index (χ0v) is 14.7. The fourth-order valence-corrected chi connectivity index (χ4v) is 3.79. The number of carbonyl (C=O) groups excluding carboxylic acids is 2. The summed E-state index contributed by atoms with van der Waals surface area (Å²) < 4.78 is 0. The van der Waals surface area contributed by atoms with E-state index in [4.69, 9.17) is 0 Å². The quantitative estimate of drug-likeness (QED) is 0.895. The Kier molecular flexibility index (Phi) is 5.19. The van der Waals surface area contributed by atoms with Crippen molar-refractivity contribution in [2.45, 2.75) is 25.7 Å². The van der Waals surface area contributed by atoms with Crippen LogP contribution < -0.4 is 5.32 Å². The molecule has 0 unspecified atom stereocenters. The predicted octanol–water partition coefficient (Wildman–Crippen LogP) is 0.854. The molecular formula is C19H27N3O2. The molecule has 1 aromatic carbocycles. The smallest absolute Gasteiger partial charge is 0.227 e. The lowest BCUT2D eigenvalue weighted by Gasteiger charge is -2.23. The van der Waals surface area contributed by atoms with Crippen molar-refractivity contribution in [1.82, 2.24) is 15.1 Å². The third kappa shape index (κ3) is 3.78. The number of hydrogen-bond acceptors (Lipinski definition) is 3. The maximum atomic E-state index is 12.8. The topological polar surface area (TPSA) is 52.7 Å². The van der Waals surface area contributed by atoms with Gasteiger partial charge in [-0.1, -0.05) is 18.2 Å². The van der Waals surface area contributed by atoms with Crippen molar-refractivity contribution in [3.63, 3.8) is 0 Å². The molecule has 1 aromatic rings. The SMILES string of the molecule is CNC(=O)[C@H]1CN(C)CCN(C(=O)Cc2ccc3c(c2)CCC3)C1. The average molecular weight is 329 g/mol. The summed E-state index contributed by atoms with van der Waals surface area (Å²) in [4.78, 5) is 28.8. The van der Waals surface area contributed by atoms with E-state index in [1.807, 2.05) is 11.9 Å². The van der Waals surface area contributed by atoms with Crippen LogP contribution in [-0.4, -0.2) is 61.9 Å². The van der Waals surface area contributed by atoms with Gasteiger partial charge in [0.1, 0.15) is 0 Å². The van der Waals surface area contributed by atoms with Gasteiger partial charge in [0, 0.05) is 33.2 Å². The maximum Gasteiger partial charge on any atom is 0.227 e. The number of nitrogens with zero attached hydrogens (tertiary/aromatic N) is 2. The van der Waals surface area contributed by atoms with Gasteiger partial charge in [0.05, 0.1) is 12.3 Å². The van der Waals surface area contributed by atoms with E-state index < -0.39 is 0 Å². The second-order valence-corrected chi connectivity index (χ2v) is 7.05. The molecule has 1 atom stereocenters. The fourth-order valence-electron chi connectivity index (χ4n) is 3.79. The molecule has 5 nitrogen and oxygen atoms in total. The highest BCUT2D eigenvalue weighted by Gasteiger charge is 2.28. The van der Waals surface area contributed by atoms with Gasteiger partial charge in [0.25, 0.3) is 0 Å². The van der Waals surface area contributed by atoms with Gasteiger partial charge in [-0.05, 0) is 43.0 Å². The number of aryl methyl sites for hydroxylation is 2. The van der Waals surface area contributed by atoms with Gasteiger partial charge in [-0.15, -0.1) is 0 Å². The molecule has 2 amide bonds. The minimum absolute atomic E-state index is 0.0130. The Bertz CT molecular complexity index is 629. The third-order valence-electron chi connectivity index (χ3n) is 5.21. The van der Waals surface area contributed by atoms with Crippen molar-refractivity contribution in [2.24, 2.45) is 5.92 Å². The molecule has 1 fully saturated rings. The first-order chi connectivity index (χ1) is 11.6. The fraction of sp³-hybridized carbons (Fsp3) is 0.579. The van der Waals surface area contributed by atoms with Gasteiger partial charge in [0.2, 0.25) is 11.8 Å². The molecule has 1 heterocycles. The number of hydrogen-bond donors (Lipinski definition) is 1. The van der Waals surface area contributed by atoms with Crippen molar-refractivity contribution in [1.29, 1.82) is 0 Å². The maximum absolute atomic E-state index is 12.8. The van der Waals surface area contributed by atoms with E-state index in [9.17, 15) is 9.59 Å². The van der Waals surface area contributed by atoms with Crippen LogP contribution in [-0.2, 0) is 28.9 Å². The van der Waals surface area contributed by atoms with Crippen molar-refractivity contribution in [3.05, 3.63) is 34.9 Å². The van der Waals surface area contributed by atoms with E-state index in [-0.39, 0.29) is 17.7 Å².